The van der Waals surface area contributed by atoms with E-state index in [1.165, 1.54) is 0 Å². The molecule has 0 saturated carbocycles. The van der Waals surface area contributed by atoms with Crippen LogP contribution in [-0.2, 0) is 4.79 Å². The number of likely N-dealkylation sites (tertiary alicyclic amines) is 1. The Morgan fingerprint density at radius 3 is 2.73 bits per heavy atom. The Labute approximate surface area is 66.0 Å². The van der Waals surface area contributed by atoms with Crippen LogP contribution >= 0.6 is 0 Å². The fraction of sp³-hybridized carbons (Fsp3) is 0.857. The molecule has 11 heavy (non-hydrogen) atoms. The molecular weight excluding hydrogens is 144 g/mol. The molecule has 0 unspecified atom stereocenters. The van der Waals surface area contributed by atoms with E-state index < -0.39 is 0 Å². The number of hydrogen-bond acceptors (Lipinski definition) is 3. The number of hydrogen-bond donors (Lipinski definition) is 2. The molecule has 1 aliphatic heterocycles. The van der Waals surface area contributed by atoms with Gasteiger partial charge in [0.15, 0.2) is 0 Å². The first-order valence-corrected chi connectivity index (χ1v) is 3.86. The van der Waals surface area contributed by atoms with E-state index in [1.54, 1.807) is 4.90 Å². The molecule has 1 saturated heterocycles. The van der Waals surface area contributed by atoms with Gasteiger partial charge in [-0.05, 0) is 6.54 Å². The Bertz CT molecular complexity index is 143. The van der Waals surface area contributed by atoms with E-state index in [0.717, 1.165) is 13.1 Å². The standard InChI is InChI=1S/C7H14N2O2/c8-3-6-4-9(5-6)7(11)1-2-10/h6,10H,1-5,8H2. The number of nitrogens with zero attached hydrogens (tertiary/aromatic N) is 1. The molecule has 0 atom stereocenters. The highest BCUT2D eigenvalue weighted by atomic mass is 16.3. The monoisotopic (exact) mass is 158 g/mol. The van der Waals surface area contributed by atoms with Crippen LogP contribution in [0.3, 0.4) is 0 Å². The molecule has 0 bridgehead atoms. The summed E-state index contributed by atoms with van der Waals surface area (Å²) in [5, 5.41) is 8.46. The SMILES string of the molecule is NCC1CN(C(=O)CCO)C1. The molecule has 0 aromatic carbocycles. The number of rotatable bonds is 3. The fourth-order valence-electron chi connectivity index (χ4n) is 1.18. The van der Waals surface area contributed by atoms with Crippen molar-refractivity contribution in [1.82, 2.24) is 4.90 Å². The van der Waals surface area contributed by atoms with Crippen molar-refractivity contribution in [3.8, 4) is 0 Å². The van der Waals surface area contributed by atoms with Crippen molar-refractivity contribution in [1.29, 1.82) is 0 Å². The summed E-state index contributed by atoms with van der Waals surface area (Å²) in [5.74, 6) is 0.523. The lowest BCUT2D eigenvalue weighted by Crippen LogP contribution is -2.52. The van der Waals surface area contributed by atoms with Crippen LogP contribution in [-0.4, -0.2) is 42.2 Å². The molecule has 1 rings (SSSR count). The third kappa shape index (κ3) is 1.91. The summed E-state index contributed by atoms with van der Waals surface area (Å²) < 4.78 is 0. The third-order valence-corrected chi connectivity index (χ3v) is 1.97. The molecular formula is C7H14N2O2. The highest BCUT2D eigenvalue weighted by Crippen LogP contribution is 2.14. The first-order valence-electron chi connectivity index (χ1n) is 3.86. The van der Waals surface area contributed by atoms with Gasteiger partial charge in [-0.3, -0.25) is 4.79 Å². The normalized spacial score (nSPS) is 18.2. The van der Waals surface area contributed by atoms with E-state index in [9.17, 15) is 4.79 Å². The molecule has 4 heteroatoms. The second-order valence-corrected chi connectivity index (χ2v) is 2.87. The number of aliphatic hydroxyl groups is 1. The van der Waals surface area contributed by atoms with Crippen molar-refractivity contribution in [3.63, 3.8) is 0 Å². The zero-order valence-corrected chi connectivity index (χ0v) is 6.49. The average molecular weight is 158 g/mol. The lowest BCUT2D eigenvalue weighted by Gasteiger charge is -2.38. The van der Waals surface area contributed by atoms with Gasteiger partial charge in [-0.2, -0.15) is 0 Å². The Morgan fingerprint density at radius 1 is 1.64 bits per heavy atom. The van der Waals surface area contributed by atoms with Crippen molar-refractivity contribution >= 4 is 5.91 Å². The van der Waals surface area contributed by atoms with E-state index in [2.05, 4.69) is 0 Å². The smallest absolute Gasteiger partial charge is 0.224 e. The number of aliphatic hydroxyl groups excluding tert-OH is 1. The molecule has 4 nitrogen and oxygen atoms in total. The minimum absolute atomic E-state index is 0.0391. The molecule has 1 aliphatic rings. The van der Waals surface area contributed by atoms with Crippen molar-refractivity contribution in [3.05, 3.63) is 0 Å². The summed E-state index contributed by atoms with van der Waals surface area (Å²) >= 11 is 0. The van der Waals surface area contributed by atoms with Gasteiger partial charge in [0.25, 0.3) is 0 Å². The van der Waals surface area contributed by atoms with Crippen LogP contribution in [0.25, 0.3) is 0 Å². The molecule has 64 valence electrons. The number of nitrogens with two attached hydrogens (primary N) is 1. The van der Waals surface area contributed by atoms with Crippen molar-refractivity contribution in [2.24, 2.45) is 11.7 Å². The highest BCUT2D eigenvalue weighted by Gasteiger charge is 2.28. The zero-order valence-electron chi connectivity index (χ0n) is 6.49. The van der Waals surface area contributed by atoms with E-state index >= 15 is 0 Å². The molecule has 3 N–H and O–H groups in total. The Morgan fingerprint density at radius 2 is 2.27 bits per heavy atom. The Kier molecular flexibility index (Phi) is 2.84. The number of carbonyl (C=O) groups is 1. The largest absolute Gasteiger partial charge is 0.396 e. The molecule has 1 fully saturated rings. The second-order valence-electron chi connectivity index (χ2n) is 2.87. The van der Waals surface area contributed by atoms with Crippen LogP contribution in [0.5, 0.6) is 0 Å². The maximum absolute atomic E-state index is 11.0. The number of amides is 1. The van der Waals surface area contributed by atoms with Gasteiger partial charge >= 0.3 is 0 Å². The van der Waals surface area contributed by atoms with E-state index in [1.807, 2.05) is 0 Å². The minimum Gasteiger partial charge on any atom is -0.396 e. The molecule has 0 aromatic rings. The predicted octanol–water partition coefficient (Wildman–Crippen LogP) is -1.21. The van der Waals surface area contributed by atoms with Crippen LogP contribution in [0.2, 0.25) is 0 Å². The van der Waals surface area contributed by atoms with Crippen LogP contribution in [0.4, 0.5) is 0 Å². The summed E-state index contributed by atoms with van der Waals surface area (Å²) in [7, 11) is 0. The van der Waals surface area contributed by atoms with Gasteiger partial charge < -0.3 is 15.7 Å². The van der Waals surface area contributed by atoms with Crippen LogP contribution in [0.15, 0.2) is 0 Å². The molecule has 0 radical (unpaired) electrons. The van der Waals surface area contributed by atoms with Crippen LogP contribution < -0.4 is 5.73 Å². The van der Waals surface area contributed by atoms with E-state index in [4.69, 9.17) is 10.8 Å². The van der Waals surface area contributed by atoms with Gasteiger partial charge in [-0.15, -0.1) is 0 Å². The topological polar surface area (TPSA) is 66.6 Å². The summed E-state index contributed by atoms with van der Waals surface area (Å²) in [6.45, 7) is 2.15. The average Bonchev–Trinajstić information content (AvgIpc) is 1.86. The first-order chi connectivity index (χ1) is 5.27. The van der Waals surface area contributed by atoms with E-state index in [-0.39, 0.29) is 18.9 Å². The zero-order chi connectivity index (χ0) is 8.27. The van der Waals surface area contributed by atoms with Crippen LogP contribution in [0, 0.1) is 5.92 Å². The van der Waals surface area contributed by atoms with Gasteiger partial charge in [-0.1, -0.05) is 0 Å². The first kappa shape index (κ1) is 8.49. The molecule has 0 spiro atoms. The van der Waals surface area contributed by atoms with E-state index in [0.29, 0.717) is 12.5 Å². The van der Waals surface area contributed by atoms with Crippen molar-refractivity contribution in [2.75, 3.05) is 26.2 Å². The Balaban J connectivity index is 2.16. The van der Waals surface area contributed by atoms with Crippen molar-refractivity contribution in [2.45, 2.75) is 6.42 Å². The van der Waals surface area contributed by atoms with Gasteiger partial charge in [0.1, 0.15) is 0 Å². The summed E-state index contributed by atoms with van der Waals surface area (Å²) in [5.41, 5.74) is 5.38. The van der Waals surface area contributed by atoms with Crippen molar-refractivity contribution < 1.29 is 9.90 Å². The molecule has 1 heterocycles. The lowest BCUT2D eigenvalue weighted by atomic mass is 10.0. The molecule has 1 amide bonds. The summed E-state index contributed by atoms with van der Waals surface area (Å²) in [6, 6.07) is 0. The Hall–Kier alpha value is -0.610. The summed E-state index contributed by atoms with van der Waals surface area (Å²) in [4.78, 5) is 12.7. The highest BCUT2D eigenvalue weighted by molar-refractivity contribution is 5.77. The van der Waals surface area contributed by atoms with Gasteiger partial charge in [0, 0.05) is 25.4 Å². The maximum Gasteiger partial charge on any atom is 0.224 e. The van der Waals surface area contributed by atoms with Gasteiger partial charge in [0.2, 0.25) is 5.91 Å². The predicted molar refractivity (Wildman–Crippen MR) is 40.8 cm³/mol. The maximum atomic E-state index is 11.0. The minimum atomic E-state index is -0.0530. The number of carbonyl (C=O) groups excluding carboxylic acids is 1. The van der Waals surface area contributed by atoms with Gasteiger partial charge in [-0.25, -0.2) is 0 Å². The molecule has 0 aliphatic carbocycles. The fourth-order valence-corrected chi connectivity index (χ4v) is 1.18. The third-order valence-electron chi connectivity index (χ3n) is 1.97. The van der Waals surface area contributed by atoms with Gasteiger partial charge in [0.05, 0.1) is 6.61 Å². The second kappa shape index (κ2) is 3.69. The summed E-state index contributed by atoms with van der Waals surface area (Å²) in [6.07, 6.45) is 0.247. The van der Waals surface area contributed by atoms with Crippen LogP contribution in [0.1, 0.15) is 6.42 Å². The molecule has 0 aromatic heterocycles. The quantitative estimate of drug-likeness (QED) is 0.541. The lowest BCUT2D eigenvalue weighted by molar-refractivity contribution is -0.137.